The molecule has 2 aliphatic rings. The summed E-state index contributed by atoms with van der Waals surface area (Å²) in [5.41, 5.74) is 2.72. The van der Waals surface area contributed by atoms with Crippen LogP contribution in [0.1, 0.15) is 35.6 Å². The van der Waals surface area contributed by atoms with E-state index < -0.39 is 0 Å². The van der Waals surface area contributed by atoms with E-state index in [0.717, 1.165) is 25.0 Å². The monoisotopic (exact) mass is 268 g/mol. The molecule has 0 saturated heterocycles. The molecule has 2 atom stereocenters. The first-order valence-electron chi connectivity index (χ1n) is 7.18. The molecule has 20 heavy (non-hydrogen) atoms. The van der Waals surface area contributed by atoms with Gasteiger partial charge < -0.3 is 9.15 Å². The van der Waals surface area contributed by atoms with E-state index in [2.05, 4.69) is 6.07 Å². The molecule has 2 aliphatic carbocycles. The van der Waals surface area contributed by atoms with Crippen molar-refractivity contribution in [2.75, 3.05) is 0 Å². The van der Waals surface area contributed by atoms with E-state index in [0.29, 0.717) is 5.75 Å². The molecule has 1 fully saturated rings. The third-order valence-corrected chi connectivity index (χ3v) is 4.29. The SMILES string of the molecule is O=C(Oc1ccc2c(c1)CCC2)C1CC1c1ccco1. The largest absolute Gasteiger partial charge is 0.469 e. The second-order valence-corrected chi connectivity index (χ2v) is 5.67. The smallest absolute Gasteiger partial charge is 0.315 e. The van der Waals surface area contributed by atoms with Gasteiger partial charge in [-0.25, -0.2) is 0 Å². The third-order valence-electron chi connectivity index (χ3n) is 4.29. The predicted octanol–water partition coefficient (Wildman–Crippen LogP) is 3.48. The van der Waals surface area contributed by atoms with E-state index >= 15 is 0 Å². The fourth-order valence-electron chi connectivity index (χ4n) is 3.08. The molecule has 1 aromatic heterocycles. The van der Waals surface area contributed by atoms with E-state index in [4.69, 9.17) is 9.15 Å². The summed E-state index contributed by atoms with van der Waals surface area (Å²) < 4.78 is 10.9. The van der Waals surface area contributed by atoms with Gasteiger partial charge in [0.15, 0.2) is 0 Å². The number of rotatable bonds is 3. The molecule has 0 amide bonds. The summed E-state index contributed by atoms with van der Waals surface area (Å²) in [5, 5.41) is 0. The lowest BCUT2D eigenvalue weighted by atomic mass is 10.1. The molecule has 0 N–H and O–H groups in total. The predicted molar refractivity (Wildman–Crippen MR) is 73.7 cm³/mol. The molecular formula is C17H16O3. The molecule has 1 saturated carbocycles. The molecule has 3 nitrogen and oxygen atoms in total. The van der Waals surface area contributed by atoms with Crippen molar-refractivity contribution in [2.45, 2.75) is 31.6 Å². The van der Waals surface area contributed by atoms with Crippen LogP contribution in [0, 0.1) is 5.92 Å². The summed E-state index contributed by atoms with van der Waals surface area (Å²) >= 11 is 0. The molecule has 1 aromatic carbocycles. The number of hydrogen-bond donors (Lipinski definition) is 0. The van der Waals surface area contributed by atoms with Crippen molar-refractivity contribution in [1.29, 1.82) is 0 Å². The Morgan fingerprint density at radius 3 is 2.95 bits per heavy atom. The number of carbonyl (C=O) groups is 1. The van der Waals surface area contributed by atoms with Crippen LogP contribution >= 0.6 is 0 Å². The van der Waals surface area contributed by atoms with Gasteiger partial charge in [-0.2, -0.15) is 0 Å². The lowest BCUT2D eigenvalue weighted by molar-refractivity contribution is -0.136. The van der Waals surface area contributed by atoms with Crippen LogP contribution in [0.25, 0.3) is 0 Å². The van der Waals surface area contributed by atoms with Gasteiger partial charge in [0.2, 0.25) is 0 Å². The number of furan rings is 1. The van der Waals surface area contributed by atoms with E-state index in [1.54, 1.807) is 6.26 Å². The highest BCUT2D eigenvalue weighted by Gasteiger charge is 2.47. The Kier molecular flexibility index (Phi) is 2.66. The molecule has 0 radical (unpaired) electrons. The molecular weight excluding hydrogens is 252 g/mol. The maximum atomic E-state index is 12.1. The number of ether oxygens (including phenoxy) is 1. The van der Waals surface area contributed by atoms with Crippen molar-refractivity contribution in [3.05, 3.63) is 53.5 Å². The van der Waals surface area contributed by atoms with Crippen molar-refractivity contribution in [3.63, 3.8) is 0 Å². The Hall–Kier alpha value is -2.03. The summed E-state index contributed by atoms with van der Waals surface area (Å²) in [6.07, 6.45) is 5.93. The van der Waals surface area contributed by atoms with E-state index in [-0.39, 0.29) is 17.8 Å². The molecule has 0 bridgehead atoms. The first-order valence-corrected chi connectivity index (χ1v) is 7.18. The molecule has 2 aromatic rings. The quantitative estimate of drug-likeness (QED) is 0.632. The van der Waals surface area contributed by atoms with E-state index in [9.17, 15) is 4.79 Å². The molecule has 3 heteroatoms. The van der Waals surface area contributed by atoms with Gasteiger partial charge in [0, 0.05) is 5.92 Å². The van der Waals surface area contributed by atoms with Crippen molar-refractivity contribution in [2.24, 2.45) is 5.92 Å². The van der Waals surface area contributed by atoms with Gasteiger partial charge in [0.05, 0.1) is 12.2 Å². The maximum Gasteiger partial charge on any atom is 0.315 e. The fourth-order valence-corrected chi connectivity index (χ4v) is 3.08. The summed E-state index contributed by atoms with van der Waals surface area (Å²) in [6, 6.07) is 9.79. The Balaban J connectivity index is 1.44. The highest BCUT2D eigenvalue weighted by atomic mass is 16.5. The standard InChI is InChI=1S/C17H16O3/c18-17(15-10-14(15)16-5-2-8-19-16)20-13-7-6-11-3-1-4-12(11)9-13/h2,5-9,14-15H,1,3-4,10H2. The van der Waals surface area contributed by atoms with Crippen LogP contribution in [0.2, 0.25) is 0 Å². The minimum atomic E-state index is -0.135. The molecule has 4 rings (SSSR count). The first-order chi connectivity index (χ1) is 9.81. The van der Waals surface area contributed by atoms with Crippen molar-refractivity contribution < 1.29 is 13.9 Å². The van der Waals surface area contributed by atoms with Crippen LogP contribution in [0.3, 0.4) is 0 Å². The van der Waals surface area contributed by atoms with Crippen molar-refractivity contribution in [3.8, 4) is 5.75 Å². The first kappa shape index (κ1) is 11.8. The van der Waals surface area contributed by atoms with Crippen LogP contribution in [-0.4, -0.2) is 5.97 Å². The number of carbonyl (C=O) groups excluding carboxylic acids is 1. The van der Waals surface area contributed by atoms with Gasteiger partial charge in [-0.3, -0.25) is 4.79 Å². The molecule has 1 heterocycles. The van der Waals surface area contributed by atoms with Crippen molar-refractivity contribution in [1.82, 2.24) is 0 Å². The zero-order valence-electron chi connectivity index (χ0n) is 11.2. The van der Waals surface area contributed by atoms with Crippen LogP contribution in [0.15, 0.2) is 41.0 Å². The zero-order chi connectivity index (χ0) is 13.5. The Morgan fingerprint density at radius 2 is 2.10 bits per heavy atom. The minimum Gasteiger partial charge on any atom is -0.469 e. The summed E-state index contributed by atoms with van der Waals surface area (Å²) in [6.45, 7) is 0. The maximum absolute atomic E-state index is 12.1. The Labute approximate surface area is 117 Å². The van der Waals surface area contributed by atoms with E-state index in [1.807, 2.05) is 24.3 Å². The lowest BCUT2D eigenvalue weighted by Crippen LogP contribution is -2.11. The molecule has 102 valence electrons. The number of esters is 1. The van der Waals surface area contributed by atoms with Crippen LogP contribution < -0.4 is 4.74 Å². The molecule has 0 spiro atoms. The highest BCUT2D eigenvalue weighted by Crippen LogP contribution is 2.48. The van der Waals surface area contributed by atoms with Crippen LogP contribution in [-0.2, 0) is 17.6 Å². The third kappa shape index (κ3) is 2.03. The topological polar surface area (TPSA) is 39.4 Å². The van der Waals surface area contributed by atoms with Gasteiger partial charge in [-0.15, -0.1) is 0 Å². The Morgan fingerprint density at radius 1 is 1.20 bits per heavy atom. The highest BCUT2D eigenvalue weighted by molar-refractivity contribution is 5.79. The van der Waals surface area contributed by atoms with Gasteiger partial charge in [0.1, 0.15) is 11.5 Å². The second kappa shape index (κ2) is 4.51. The van der Waals surface area contributed by atoms with Crippen LogP contribution in [0.4, 0.5) is 0 Å². The fraction of sp³-hybridized carbons (Fsp3) is 0.353. The second-order valence-electron chi connectivity index (χ2n) is 5.67. The summed E-state index contributed by atoms with van der Waals surface area (Å²) in [5.74, 6) is 1.59. The van der Waals surface area contributed by atoms with E-state index in [1.165, 1.54) is 17.5 Å². The van der Waals surface area contributed by atoms with Gasteiger partial charge in [-0.05, 0) is 61.1 Å². The average Bonchev–Trinajstić information content (AvgIpc) is 2.89. The van der Waals surface area contributed by atoms with Crippen molar-refractivity contribution >= 4 is 5.97 Å². The Bertz CT molecular complexity index is 642. The number of aryl methyl sites for hydroxylation is 2. The van der Waals surface area contributed by atoms with Gasteiger partial charge in [-0.1, -0.05) is 6.07 Å². The summed E-state index contributed by atoms with van der Waals surface area (Å²) in [4.78, 5) is 12.1. The van der Waals surface area contributed by atoms with Gasteiger partial charge >= 0.3 is 5.97 Å². The zero-order valence-corrected chi connectivity index (χ0v) is 11.2. The number of benzene rings is 1. The average molecular weight is 268 g/mol. The summed E-state index contributed by atoms with van der Waals surface area (Å²) in [7, 11) is 0. The normalized spacial score (nSPS) is 23.4. The molecule has 0 aliphatic heterocycles. The lowest BCUT2D eigenvalue weighted by Gasteiger charge is -2.06. The van der Waals surface area contributed by atoms with Crippen LogP contribution in [0.5, 0.6) is 5.75 Å². The number of hydrogen-bond acceptors (Lipinski definition) is 3. The van der Waals surface area contributed by atoms with Gasteiger partial charge in [0.25, 0.3) is 0 Å². The molecule has 2 unspecified atom stereocenters. The number of fused-ring (bicyclic) bond motifs is 1. The minimum absolute atomic E-state index is 0.0468.